The first-order valence-corrected chi connectivity index (χ1v) is 5.86. The van der Waals surface area contributed by atoms with E-state index in [9.17, 15) is 4.79 Å². The molecule has 14 heavy (non-hydrogen) atoms. The number of thiophene rings is 1. The molecule has 0 N–H and O–H groups in total. The molecule has 1 aliphatic heterocycles. The lowest BCUT2D eigenvalue weighted by Crippen LogP contribution is -2.40. The van der Waals surface area contributed by atoms with Crippen molar-refractivity contribution in [3.63, 3.8) is 0 Å². The third-order valence-electron chi connectivity index (χ3n) is 3.41. The van der Waals surface area contributed by atoms with Crippen molar-refractivity contribution in [2.75, 3.05) is 13.6 Å². The Morgan fingerprint density at radius 1 is 1.50 bits per heavy atom. The van der Waals surface area contributed by atoms with Gasteiger partial charge in [0.1, 0.15) is 0 Å². The normalized spacial score (nSPS) is 22.7. The molecule has 1 spiro atoms. The number of carbonyl (C=O) groups excluding carboxylic acids is 1. The van der Waals surface area contributed by atoms with Crippen molar-refractivity contribution in [1.29, 1.82) is 0 Å². The van der Waals surface area contributed by atoms with E-state index in [4.69, 9.17) is 0 Å². The maximum Gasteiger partial charge on any atom is 0.255 e. The summed E-state index contributed by atoms with van der Waals surface area (Å²) in [4.78, 5) is 15.2. The number of rotatable bonds is 0. The fraction of sp³-hybridized carbons (Fsp3) is 0.545. The molecule has 2 heterocycles. The molecule has 1 aromatic rings. The Balaban J connectivity index is 2.22. The monoisotopic (exact) mass is 207 g/mol. The molecule has 1 aromatic heterocycles. The first-order chi connectivity index (χ1) is 6.64. The van der Waals surface area contributed by atoms with Crippen LogP contribution in [0.25, 0.3) is 0 Å². The van der Waals surface area contributed by atoms with E-state index in [1.54, 1.807) is 11.3 Å². The molecule has 0 radical (unpaired) electrons. The predicted molar refractivity (Wildman–Crippen MR) is 56.9 cm³/mol. The zero-order valence-corrected chi connectivity index (χ0v) is 9.28. The minimum atomic E-state index is 0.219. The number of likely N-dealkylation sites (N-methyl/N-ethyl adjacent to an activating group) is 1. The van der Waals surface area contributed by atoms with Crippen LogP contribution in [0.4, 0.5) is 0 Å². The van der Waals surface area contributed by atoms with Gasteiger partial charge in [0.2, 0.25) is 0 Å². The first-order valence-electron chi connectivity index (χ1n) is 4.98. The fourth-order valence-corrected chi connectivity index (χ4v) is 3.72. The van der Waals surface area contributed by atoms with Gasteiger partial charge in [0.25, 0.3) is 5.91 Å². The second-order valence-corrected chi connectivity index (χ2v) is 5.44. The van der Waals surface area contributed by atoms with Gasteiger partial charge >= 0.3 is 0 Å². The van der Waals surface area contributed by atoms with Gasteiger partial charge in [-0.1, -0.05) is 0 Å². The molecule has 2 aliphatic rings. The molecule has 1 aliphatic carbocycles. The number of nitrogens with zero attached hydrogens (tertiary/aromatic N) is 1. The summed E-state index contributed by atoms with van der Waals surface area (Å²) in [6, 6.07) is 0. The third-order valence-corrected chi connectivity index (χ3v) is 4.75. The topological polar surface area (TPSA) is 20.3 Å². The van der Waals surface area contributed by atoms with Gasteiger partial charge in [0.05, 0.1) is 5.56 Å². The molecule has 0 bridgehead atoms. The molecule has 3 heteroatoms. The summed E-state index contributed by atoms with van der Waals surface area (Å²) in [6.07, 6.45) is 2.52. The number of carbonyl (C=O) groups is 1. The van der Waals surface area contributed by atoms with Gasteiger partial charge in [-0.15, -0.1) is 11.3 Å². The lowest BCUT2D eigenvalue weighted by atomic mass is 9.93. The molecule has 0 unspecified atom stereocenters. The van der Waals surface area contributed by atoms with Crippen molar-refractivity contribution in [3.05, 3.63) is 21.4 Å². The van der Waals surface area contributed by atoms with E-state index in [2.05, 4.69) is 5.38 Å². The summed E-state index contributed by atoms with van der Waals surface area (Å²) < 4.78 is 0. The molecule has 0 saturated heterocycles. The standard InChI is InChI=1S/C11H13NOS/c1-7-5-14-9-8(7)10(13)12(2)6-11(9)3-4-11/h5H,3-4,6H2,1-2H3. The van der Waals surface area contributed by atoms with Crippen LogP contribution in [0.15, 0.2) is 5.38 Å². The Morgan fingerprint density at radius 2 is 2.21 bits per heavy atom. The van der Waals surface area contributed by atoms with Crippen LogP contribution in [0, 0.1) is 6.92 Å². The van der Waals surface area contributed by atoms with E-state index < -0.39 is 0 Å². The largest absolute Gasteiger partial charge is 0.341 e. The summed E-state index contributed by atoms with van der Waals surface area (Å²) in [5.74, 6) is 0.219. The maximum absolute atomic E-state index is 11.9. The van der Waals surface area contributed by atoms with Gasteiger partial charge in [0, 0.05) is 23.9 Å². The zero-order valence-electron chi connectivity index (χ0n) is 8.46. The van der Waals surface area contributed by atoms with Crippen molar-refractivity contribution in [2.45, 2.75) is 25.2 Å². The molecule has 74 valence electrons. The highest BCUT2D eigenvalue weighted by Gasteiger charge is 2.52. The predicted octanol–water partition coefficient (Wildman–Crippen LogP) is 2.17. The van der Waals surface area contributed by atoms with E-state index in [1.807, 2.05) is 18.9 Å². The smallest absolute Gasteiger partial charge is 0.255 e. The molecule has 1 saturated carbocycles. The number of aryl methyl sites for hydroxylation is 1. The molecule has 0 aromatic carbocycles. The van der Waals surface area contributed by atoms with Crippen LogP contribution in [0.3, 0.4) is 0 Å². The highest BCUT2D eigenvalue weighted by molar-refractivity contribution is 7.10. The summed E-state index contributed by atoms with van der Waals surface area (Å²) >= 11 is 1.78. The third kappa shape index (κ3) is 0.883. The molecular formula is C11H13NOS. The summed E-state index contributed by atoms with van der Waals surface area (Å²) in [6.45, 7) is 2.97. The Hall–Kier alpha value is -0.830. The Kier molecular flexibility index (Phi) is 1.45. The summed E-state index contributed by atoms with van der Waals surface area (Å²) in [7, 11) is 1.92. The highest BCUT2D eigenvalue weighted by Crippen LogP contribution is 2.54. The van der Waals surface area contributed by atoms with Gasteiger partial charge in [-0.25, -0.2) is 0 Å². The van der Waals surface area contributed by atoms with Gasteiger partial charge in [0.15, 0.2) is 0 Å². The second-order valence-electron chi connectivity index (χ2n) is 4.56. The Morgan fingerprint density at radius 3 is 2.86 bits per heavy atom. The molecule has 3 rings (SSSR count). The van der Waals surface area contributed by atoms with E-state index >= 15 is 0 Å². The Bertz CT molecular complexity index is 417. The SMILES string of the molecule is Cc1csc2c1C(=O)N(C)CC21CC1. The van der Waals surface area contributed by atoms with Crippen LogP contribution in [-0.4, -0.2) is 24.4 Å². The van der Waals surface area contributed by atoms with Crippen LogP contribution in [0.1, 0.15) is 33.6 Å². The summed E-state index contributed by atoms with van der Waals surface area (Å²) in [5, 5.41) is 2.13. The fourth-order valence-electron chi connectivity index (χ4n) is 2.42. The van der Waals surface area contributed by atoms with Crippen molar-refractivity contribution in [3.8, 4) is 0 Å². The van der Waals surface area contributed by atoms with Crippen molar-refractivity contribution in [2.24, 2.45) is 0 Å². The van der Waals surface area contributed by atoms with Crippen LogP contribution in [0.2, 0.25) is 0 Å². The van der Waals surface area contributed by atoms with Gasteiger partial charge in [-0.2, -0.15) is 0 Å². The van der Waals surface area contributed by atoms with Gasteiger partial charge < -0.3 is 4.90 Å². The number of fused-ring (bicyclic) bond motifs is 2. The van der Waals surface area contributed by atoms with Crippen LogP contribution in [0.5, 0.6) is 0 Å². The second kappa shape index (κ2) is 2.40. The number of hydrogen-bond donors (Lipinski definition) is 0. The highest BCUT2D eigenvalue weighted by atomic mass is 32.1. The van der Waals surface area contributed by atoms with Gasteiger partial charge in [-0.3, -0.25) is 4.79 Å². The molecule has 0 atom stereocenters. The van der Waals surface area contributed by atoms with Crippen LogP contribution in [-0.2, 0) is 5.41 Å². The minimum Gasteiger partial charge on any atom is -0.341 e. The zero-order chi connectivity index (χ0) is 9.92. The van der Waals surface area contributed by atoms with E-state index in [-0.39, 0.29) is 5.91 Å². The lowest BCUT2D eigenvalue weighted by Gasteiger charge is -2.30. The maximum atomic E-state index is 11.9. The molecule has 1 fully saturated rings. The quantitative estimate of drug-likeness (QED) is 0.638. The number of amides is 1. The van der Waals surface area contributed by atoms with E-state index in [1.165, 1.54) is 17.7 Å². The van der Waals surface area contributed by atoms with E-state index in [0.29, 0.717) is 5.41 Å². The first kappa shape index (κ1) is 8.48. The minimum absolute atomic E-state index is 0.219. The average molecular weight is 207 g/mol. The lowest BCUT2D eigenvalue weighted by molar-refractivity contribution is 0.0760. The van der Waals surface area contributed by atoms with Crippen molar-refractivity contribution < 1.29 is 4.79 Å². The average Bonchev–Trinajstić information content (AvgIpc) is 2.79. The summed E-state index contributed by atoms with van der Waals surface area (Å²) in [5.41, 5.74) is 2.52. The number of hydrogen-bond acceptors (Lipinski definition) is 2. The molecular weight excluding hydrogens is 194 g/mol. The molecule has 1 amide bonds. The van der Waals surface area contributed by atoms with Crippen LogP contribution >= 0.6 is 11.3 Å². The van der Waals surface area contributed by atoms with Crippen LogP contribution < -0.4 is 0 Å². The van der Waals surface area contributed by atoms with Crippen molar-refractivity contribution >= 4 is 17.2 Å². The van der Waals surface area contributed by atoms with Gasteiger partial charge in [-0.05, 0) is 30.7 Å². The molecule has 2 nitrogen and oxygen atoms in total. The Labute approximate surface area is 87.5 Å². The van der Waals surface area contributed by atoms with E-state index in [0.717, 1.165) is 17.7 Å². The van der Waals surface area contributed by atoms with Crippen molar-refractivity contribution in [1.82, 2.24) is 4.90 Å².